The van der Waals surface area contributed by atoms with E-state index in [1.165, 1.54) is 6.42 Å². The SMILES string of the molecule is CS(=O)(=O)Nc1ccc(N(C(=O)C2CCCCC2)C2CCOCC2)cc1. The second-order valence-electron chi connectivity index (χ2n) is 7.31. The van der Waals surface area contributed by atoms with E-state index >= 15 is 0 Å². The van der Waals surface area contributed by atoms with Crippen molar-refractivity contribution in [3.63, 3.8) is 0 Å². The van der Waals surface area contributed by atoms with E-state index in [1.807, 2.05) is 17.0 Å². The maximum Gasteiger partial charge on any atom is 0.230 e. The maximum atomic E-state index is 13.3. The van der Waals surface area contributed by atoms with Crippen molar-refractivity contribution in [1.82, 2.24) is 0 Å². The Morgan fingerprint density at radius 2 is 1.65 bits per heavy atom. The molecule has 1 aromatic carbocycles. The molecule has 0 aromatic heterocycles. The molecule has 7 heteroatoms. The fraction of sp³-hybridized carbons (Fsp3) is 0.632. The number of rotatable bonds is 5. The van der Waals surface area contributed by atoms with Gasteiger partial charge in [0.25, 0.3) is 0 Å². The van der Waals surface area contributed by atoms with Crippen LogP contribution in [-0.2, 0) is 19.6 Å². The third-order valence-electron chi connectivity index (χ3n) is 5.20. The number of nitrogens with zero attached hydrogens (tertiary/aromatic N) is 1. The lowest BCUT2D eigenvalue weighted by atomic mass is 9.87. The van der Waals surface area contributed by atoms with Crippen molar-refractivity contribution in [2.45, 2.75) is 51.0 Å². The van der Waals surface area contributed by atoms with E-state index in [2.05, 4.69) is 4.72 Å². The highest BCUT2D eigenvalue weighted by Crippen LogP contribution is 2.31. The molecular weight excluding hydrogens is 352 g/mol. The van der Waals surface area contributed by atoms with E-state index in [4.69, 9.17) is 4.74 Å². The molecule has 1 aliphatic carbocycles. The van der Waals surface area contributed by atoms with Crippen LogP contribution in [0.1, 0.15) is 44.9 Å². The van der Waals surface area contributed by atoms with Gasteiger partial charge in [0.2, 0.25) is 15.9 Å². The largest absolute Gasteiger partial charge is 0.381 e. The van der Waals surface area contributed by atoms with Crippen molar-refractivity contribution in [2.24, 2.45) is 5.92 Å². The van der Waals surface area contributed by atoms with Gasteiger partial charge in [-0.25, -0.2) is 8.42 Å². The lowest BCUT2D eigenvalue weighted by Crippen LogP contribution is -2.46. The number of amides is 1. The molecule has 0 unspecified atom stereocenters. The molecule has 1 saturated carbocycles. The number of anilines is 2. The lowest BCUT2D eigenvalue weighted by molar-refractivity contribution is -0.124. The molecule has 1 aliphatic heterocycles. The molecule has 1 saturated heterocycles. The number of hydrogen-bond acceptors (Lipinski definition) is 4. The monoisotopic (exact) mass is 380 g/mol. The Kier molecular flexibility index (Phi) is 6.19. The second-order valence-corrected chi connectivity index (χ2v) is 9.06. The van der Waals surface area contributed by atoms with E-state index in [1.54, 1.807) is 12.1 Å². The smallest absolute Gasteiger partial charge is 0.230 e. The van der Waals surface area contributed by atoms with E-state index in [0.717, 1.165) is 50.5 Å². The van der Waals surface area contributed by atoms with Crippen LogP contribution in [0.15, 0.2) is 24.3 Å². The molecule has 6 nitrogen and oxygen atoms in total. The highest BCUT2D eigenvalue weighted by atomic mass is 32.2. The maximum absolute atomic E-state index is 13.3. The molecular formula is C19H28N2O4S. The van der Waals surface area contributed by atoms with Gasteiger partial charge in [0.1, 0.15) is 0 Å². The van der Waals surface area contributed by atoms with E-state index in [9.17, 15) is 13.2 Å². The molecule has 1 N–H and O–H groups in total. The van der Waals surface area contributed by atoms with Crippen molar-refractivity contribution < 1.29 is 17.9 Å². The van der Waals surface area contributed by atoms with Crippen LogP contribution in [0.5, 0.6) is 0 Å². The first kappa shape index (κ1) is 19.2. The summed E-state index contributed by atoms with van der Waals surface area (Å²) in [5.74, 6) is 0.306. The molecule has 0 spiro atoms. The van der Waals surface area contributed by atoms with Gasteiger partial charge in [-0.05, 0) is 49.9 Å². The first-order valence-electron chi connectivity index (χ1n) is 9.43. The molecule has 2 fully saturated rings. The highest BCUT2D eigenvalue weighted by Gasteiger charge is 2.32. The zero-order chi connectivity index (χ0) is 18.6. The molecule has 0 bridgehead atoms. The zero-order valence-corrected chi connectivity index (χ0v) is 16.1. The minimum absolute atomic E-state index is 0.0976. The summed E-state index contributed by atoms with van der Waals surface area (Å²) in [6.07, 6.45) is 8.18. The van der Waals surface area contributed by atoms with Gasteiger partial charge in [-0.2, -0.15) is 0 Å². The summed E-state index contributed by atoms with van der Waals surface area (Å²) in [7, 11) is -3.31. The number of sulfonamides is 1. The number of hydrogen-bond donors (Lipinski definition) is 1. The van der Waals surface area contributed by atoms with Crippen molar-refractivity contribution in [3.8, 4) is 0 Å². The fourth-order valence-electron chi connectivity index (χ4n) is 3.91. The summed E-state index contributed by atoms with van der Waals surface area (Å²) >= 11 is 0. The second kappa shape index (κ2) is 8.39. The number of nitrogens with one attached hydrogen (secondary N) is 1. The topological polar surface area (TPSA) is 75.7 Å². The van der Waals surface area contributed by atoms with Crippen LogP contribution < -0.4 is 9.62 Å². The lowest BCUT2D eigenvalue weighted by Gasteiger charge is -2.37. The third kappa shape index (κ3) is 4.98. The first-order chi connectivity index (χ1) is 12.4. The van der Waals surface area contributed by atoms with Crippen LogP contribution in [0.25, 0.3) is 0 Å². The van der Waals surface area contributed by atoms with Gasteiger partial charge >= 0.3 is 0 Å². The van der Waals surface area contributed by atoms with Crippen LogP contribution in [0.3, 0.4) is 0 Å². The predicted octanol–water partition coefficient (Wildman–Crippen LogP) is 3.15. The Labute approximate surface area is 156 Å². The molecule has 0 radical (unpaired) electrons. The number of carbonyl (C=O) groups is 1. The summed E-state index contributed by atoms with van der Waals surface area (Å²) in [6, 6.07) is 7.26. The van der Waals surface area contributed by atoms with Crippen molar-refractivity contribution in [1.29, 1.82) is 0 Å². The van der Waals surface area contributed by atoms with Gasteiger partial charge in [0, 0.05) is 36.5 Å². The summed E-state index contributed by atoms with van der Waals surface area (Å²) in [5.41, 5.74) is 1.35. The quantitative estimate of drug-likeness (QED) is 0.851. The average Bonchev–Trinajstić information content (AvgIpc) is 2.64. The minimum Gasteiger partial charge on any atom is -0.381 e. The molecule has 144 valence electrons. The van der Waals surface area contributed by atoms with Crippen LogP contribution in [0.2, 0.25) is 0 Å². The van der Waals surface area contributed by atoms with Gasteiger partial charge < -0.3 is 9.64 Å². The van der Waals surface area contributed by atoms with E-state index in [0.29, 0.717) is 18.9 Å². The van der Waals surface area contributed by atoms with Crippen molar-refractivity contribution >= 4 is 27.3 Å². The molecule has 1 amide bonds. The number of ether oxygens (including phenoxy) is 1. The molecule has 26 heavy (non-hydrogen) atoms. The number of carbonyl (C=O) groups excluding carboxylic acids is 1. The standard InChI is InChI=1S/C19H28N2O4S/c1-26(23,24)20-16-7-9-17(10-8-16)21(18-11-13-25-14-12-18)19(22)15-5-3-2-4-6-15/h7-10,15,18,20H,2-6,11-14H2,1H3. The molecule has 3 rings (SSSR count). The summed E-state index contributed by atoms with van der Waals surface area (Å²) in [4.78, 5) is 15.2. The van der Waals surface area contributed by atoms with Gasteiger partial charge in [0.05, 0.1) is 6.26 Å². The van der Waals surface area contributed by atoms with Crippen LogP contribution in [0, 0.1) is 5.92 Å². The highest BCUT2D eigenvalue weighted by molar-refractivity contribution is 7.92. The Hall–Kier alpha value is -1.60. The fourth-order valence-corrected chi connectivity index (χ4v) is 4.48. The van der Waals surface area contributed by atoms with E-state index in [-0.39, 0.29) is 17.9 Å². The number of benzene rings is 1. The Balaban J connectivity index is 1.83. The zero-order valence-electron chi connectivity index (χ0n) is 15.3. The van der Waals surface area contributed by atoms with Crippen molar-refractivity contribution in [2.75, 3.05) is 29.1 Å². The van der Waals surface area contributed by atoms with E-state index < -0.39 is 10.0 Å². The van der Waals surface area contributed by atoms with Crippen LogP contribution >= 0.6 is 0 Å². The van der Waals surface area contributed by atoms with Gasteiger partial charge in [-0.3, -0.25) is 9.52 Å². The molecule has 1 aromatic rings. The average molecular weight is 381 g/mol. The first-order valence-corrected chi connectivity index (χ1v) is 11.3. The minimum atomic E-state index is -3.31. The van der Waals surface area contributed by atoms with Gasteiger partial charge in [-0.15, -0.1) is 0 Å². The summed E-state index contributed by atoms with van der Waals surface area (Å²) in [6.45, 7) is 1.35. The van der Waals surface area contributed by atoms with Gasteiger partial charge in [0.15, 0.2) is 0 Å². The Morgan fingerprint density at radius 1 is 1.04 bits per heavy atom. The van der Waals surface area contributed by atoms with Crippen LogP contribution in [-0.4, -0.2) is 39.8 Å². The van der Waals surface area contributed by atoms with Crippen molar-refractivity contribution in [3.05, 3.63) is 24.3 Å². The normalized spacial score (nSPS) is 19.9. The summed E-state index contributed by atoms with van der Waals surface area (Å²) in [5, 5.41) is 0. The Bertz CT molecular complexity index is 706. The third-order valence-corrected chi connectivity index (χ3v) is 5.80. The summed E-state index contributed by atoms with van der Waals surface area (Å²) < 4.78 is 30.7. The predicted molar refractivity (Wildman–Crippen MR) is 103 cm³/mol. The van der Waals surface area contributed by atoms with Gasteiger partial charge in [-0.1, -0.05) is 19.3 Å². The van der Waals surface area contributed by atoms with Crippen LogP contribution in [0.4, 0.5) is 11.4 Å². The molecule has 0 atom stereocenters. The Morgan fingerprint density at radius 3 is 2.23 bits per heavy atom. The molecule has 2 aliphatic rings. The molecule has 1 heterocycles.